The van der Waals surface area contributed by atoms with Crippen molar-refractivity contribution in [1.29, 1.82) is 0 Å². The highest BCUT2D eigenvalue weighted by Crippen LogP contribution is 2.46. The summed E-state index contributed by atoms with van der Waals surface area (Å²) in [5.41, 5.74) is 3.08. The fourth-order valence-corrected chi connectivity index (χ4v) is 8.09. The molecule has 4 atom stereocenters. The Morgan fingerprint density at radius 1 is 1.06 bits per heavy atom. The topological polar surface area (TPSA) is 162 Å². The van der Waals surface area contributed by atoms with Gasteiger partial charge in [-0.15, -0.1) is 16.8 Å². The number of rotatable bonds is 5. The third-order valence-corrected chi connectivity index (χ3v) is 11.1. The maximum Gasteiger partial charge on any atom is 0.440 e. The monoisotopic (exact) mass is 702 g/mol. The number of aryl methyl sites for hydroxylation is 1. The Labute approximate surface area is 294 Å². The predicted octanol–water partition coefficient (Wildman–Crippen LogP) is 5.32. The predicted molar refractivity (Wildman–Crippen MR) is 184 cm³/mol. The molecule has 50 heavy (non-hydrogen) atoms. The molecular weight excluding hydrogens is 660 g/mol. The van der Waals surface area contributed by atoms with E-state index in [9.17, 15) is 19.2 Å². The van der Waals surface area contributed by atoms with Crippen molar-refractivity contribution in [3.05, 3.63) is 47.5 Å². The van der Waals surface area contributed by atoms with Gasteiger partial charge in [0.25, 0.3) is 0 Å². The van der Waals surface area contributed by atoms with E-state index in [2.05, 4.69) is 15.8 Å². The third kappa shape index (κ3) is 7.30. The molecule has 2 saturated carbocycles. The molecule has 5 heterocycles. The molecule has 0 spiro atoms. The SMILES string of the molecule is Cc1csc2c(OC3CC4C(=O)NC5(C(=O)ONC(=O)OC6CCCC6)CC5/C=C/CCCCCCC(=O)N4C3)nc(-c3ccccn3)nc12. The van der Waals surface area contributed by atoms with E-state index in [1.165, 1.54) is 11.3 Å². The Morgan fingerprint density at radius 3 is 2.72 bits per heavy atom. The molecule has 0 bridgehead atoms. The minimum Gasteiger partial charge on any atom is -0.471 e. The van der Waals surface area contributed by atoms with Gasteiger partial charge in [-0.05, 0) is 81.4 Å². The standard InChI is InChI=1S/C36H42N6O7S/c1-22-21-50-30-29(22)38-31(26-15-10-11-17-37-26)39-33(30)47-25-18-27-32(44)40-36(34(45)49-41-35(46)48-24-13-8-9-14-24)19-23(36)12-6-4-2-3-5-7-16-28(43)42(27)20-25/h6,10-12,15,17,21,23-25,27H,2-5,7-9,13-14,16,18-20H2,1H3,(H,40,44)(H,41,46)/b12-6+. The van der Waals surface area contributed by atoms with Gasteiger partial charge in [0.05, 0.1) is 12.1 Å². The number of aromatic nitrogens is 3. The number of hydroxylamine groups is 1. The smallest absolute Gasteiger partial charge is 0.440 e. The molecule has 1 saturated heterocycles. The summed E-state index contributed by atoms with van der Waals surface area (Å²) < 4.78 is 12.7. The molecule has 14 heteroatoms. The summed E-state index contributed by atoms with van der Waals surface area (Å²) in [5, 5.41) is 4.93. The molecular formula is C36H42N6O7S. The fourth-order valence-electron chi connectivity index (χ4n) is 7.17. The molecule has 4 aliphatic rings. The number of amides is 3. The van der Waals surface area contributed by atoms with Gasteiger partial charge < -0.3 is 24.5 Å². The Morgan fingerprint density at radius 2 is 1.90 bits per heavy atom. The normalized spacial score (nSPS) is 26.6. The van der Waals surface area contributed by atoms with Gasteiger partial charge in [0.2, 0.25) is 17.7 Å². The molecule has 13 nitrogen and oxygen atoms in total. The van der Waals surface area contributed by atoms with Crippen molar-refractivity contribution < 1.29 is 33.5 Å². The first-order valence-electron chi connectivity index (χ1n) is 17.6. The van der Waals surface area contributed by atoms with E-state index in [0.717, 1.165) is 73.6 Å². The molecule has 0 radical (unpaired) electrons. The number of allylic oxidation sites excluding steroid dienone is 1. The van der Waals surface area contributed by atoms with Gasteiger partial charge in [-0.1, -0.05) is 31.1 Å². The van der Waals surface area contributed by atoms with E-state index >= 15 is 0 Å². The van der Waals surface area contributed by atoms with Crippen LogP contribution < -0.4 is 15.5 Å². The number of nitrogens with zero attached hydrogens (tertiary/aromatic N) is 4. The minimum atomic E-state index is -1.38. The van der Waals surface area contributed by atoms with Crippen molar-refractivity contribution >= 4 is 45.4 Å². The molecule has 3 aromatic heterocycles. The zero-order chi connectivity index (χ0) is 34.7. The van der Waals surface area contributed by atoms with E-state index in [1.807, 2.05) is 42.7 Å². The van der Waals surface area contributed by atoms with Crippen LogP contribution in [0, 0.1) is 12.8 Å². The molecule has 2 N–H and O–H groups in total. The summed E-state index contributed by atoms with van der Waals surface area (Å²) in [6.45, 7) is 2.16. The van der Waals surface area contributed by atoms with Gasteiger partial charge in [0.15, 0.2) is 5.82 Å². The first-order chi connectivity index (χ1) is 24.3. The van der Waals surface area contributed by atoms with Gasteiger partial charge in [-0.3, -0.25) is 14.6 Å². The van der Waals surface area contributed by atoms with E-state index in [4.69, 9.17) is 24.3 Å². The Balaban J connectivity index is 1.11. The molecule has 4 unspecified atom stereocenters. The number of fused-ring (bicyclic) bond motifs is 3. The number of pyridine rings is 1. The van der Waals surface area contributed by atoms with Crippen molar-refractivity contribution in [2.45, 2.75) is 108 Å². The summed E-state index contributed by atoms with van der Waals surface area (Å²) in [5.74, 6) is -0.929. The molecule has 0 aromatic carbocycles. The van der Waals surface area contributed by atoms with Crippen LogP contribution in [0.1, 0.15) is 82.6 Å². The lowest BCUT2D eigenvalue weighted by Gasteiger charge is -2.26. The number of carbonyl (C=O) groups is 4. The second-order valence-electron chi connectivity index (χ2n) is 13.7. The fraction of sp³-hybridized carbons (Fsp3) is 0.528. The van der Waals surface area contributed by atoms with Crippen LogP contribution in [-0.4, -0.2) is 74.1 Å². The Bertz CT molecular complexity index is 1780. The van der Waals surface area contributed by atoms with Gasteiger partial charge in [0, 0.05) is 25.0 Å². The maximum absolute atomic E-state index is 14.1. The minimum absolute atomic E-state index is 0.140. The van der Waals surface area contributed by atoms with Crippen molar-refractivity contribution in [3.63, 3.8) is 0 Å². The van der Waals surface area contributed by atoms with Crippen LogP contribution in [0.5, 0.6) is 5.88 Å². The Hall–Kier alpha value is -4.59. The van der Waals surface area contributed by atoms with Crippen LogP contribution in [0.25, 0.3) is 21.7 Å². The summed E-state index contributed by atoms with van der Waals surface area (Å²) in [6, 6.07) is 4.63. The van der Waals surface area contributed by atoms with Crippen LogP contribution in [0.3, 0.4) is 0 Å². The van der Waals surface area contributed by atoms with E-state index in [0.29, 0.717) is 30.2 Å². The number of carbonyl (C=O) groups excluding carboxylic acids is 4. The summed E-state index contributed by atoms with van der Waals surface area (Å²) in [6.07, 6.45) is 12.7. The van der Waals surface area contributed by atoms with Crippen LogP contribution >= 0.6 is 11.3 Å². The molecule has 3 amide bonds. The van der Waals surface area contributed by atoms with Crippen molar-refractivity contribution in [2.75, 3.05) is 6.54 Å². The second kappa shape index (κ2) is 14.7. The van der Waals surface area contributed by atoms with Gasteiger partial charge in [-0.2, -0.15) is 4.98 Å². The lowest BCUT2D eigenvalue weighted by molar-refractivity contribution is -0.156. The van der Waals surface area contributed by atoms with E-state index in [1.54, 1.807) is 11.1 Å². The first-order valence-corrected chi connectivity index (χ1v) is 18.5. The molecule has 264 valence electrons. The van der Waals surface area contributed by atoms with Crippen LogP contribution in [0.4, 0.5) is 4.79 Å². The first kappa shape index (κ1) is 33.9. The summed E-state index contributed by atoms with van der Waals surface area (Å²) in [7, 11) is 0. The third-order valence-electron chi connectivity index (χ3n) is 10.0. The second-order valence-corrected chi connectivity index (χ2v) is 14.5. The maximum atomic E-state index is 14.1. The van der Waals surface area contributed by atoms with Gasteiger partial charge in [-0.25, -0.2) is 14.6 Å². The highest BCUT2D eigenvalue weighted by molar-refractivity contribution is 7.17. The quantitative estimate of drug-likeness (QED) is 0.263. The number of hydrogen-bond acceptors (Lipinski definition) is 11. The van der Waals surface area contributed by atoms with Crippen molar-refractivity contribution in [3.8, 4) is 17.4 Å². The molecule has 2 aliphatic carbocycles. The average molecular weight is 703 g/mol. The zero-order valence-electron chi connectivity index (χ0n) is 28.1. The Kier molecular flexibility index (Phi) is 9.97. The van der Waals surface area contributed by atoms with Gasteiger partial charge >= 0.3 is 12.1 Å². The number of ether oxygens (including phenoxy) is 2. The molecule has 3 aromatic rings. The largest absolute Gasteiger partial charge is 0.471 e. The van der Waals surface area contributed by atoms with Gasteiger partial charge in [0.1, 0.15) is 34.2 Å². The lowest BCUT2D eigenvalue weighted by Crippen LogP contribution is -2.54. The highest BCUT2D eigenvalue weighted by Gasteiger charge is 2.62. The van der Waals surface area contributed by atoms with Crippen LogP contribution in [-0.2, 0) is 24.0 Å². The number of hydrogen-bond donors (Lipinski definition) is 2. The van der Waals surface area contributed by atoms with Crippen LogP contribution in [0.2, 0.25) is 0 Å². The lowest BCUT2D eigenvalue weighted by atomic mass is 10.1. The average Bonchev–Trinajstić information content (AvgIpc) is 3.50. The summed E-state index contributed by atoms with van der Waals surface area (Å²) in [4.78, 5) is 74.3. The van der Waals surface area contributed by atoms with Crippen molar-refractivity contribution in [1.82, 2.24) is 30.6 Å². The zero-order valence-corrected chi connectivity index (χ0v) is 28.9. The number of nitrogens with one attached hydrogen (secondary N) is 2. The van der Waals surface area contributed by atoms with E-state index in [-0.39, 0.29) is 30.9 Å². The molecule has 2 aliphatic heterocycles. The summed E-state index contributed by atoms with van der Waals surface area (Å²) >= 11 is 1.47. The van der Waals surface area contributed by atoms with Crippen molar-refractivity contribution in [2.24, 2.45) is 5.92 Å². The molecule has 3 fully saturated rings. The molecule has 7 rings (SSSR count). The number of thiophene rings is 1. The van der Waals surface area contributed by atoms with E-state index < -0.39 is 35.7 Å². The highest BCUT2D eigenvalue weighted by atomic mass is 32.1. The van der Waals surface area contributed by atoms with Crippen LogP contribution in [0.15, 0.2) is 41.9 Å².